The quantitative estimate of drug-likeness (QED) is 0.394. The number of amides is 1. The first-order valence-electron chi connectivity index (χ1n) is 12.2. The van der Waals surface area contributed by atoms with Crippen molar-refractivity contribution in [2.45, 2.75) is 19.4 Å². The molecule has 36 heavy (non-hydrogen) atoms. The molecular formula is C27H33FN6O2. The fourth-order valence-corrected chi connectivity index (χ4v) is 4.17. The van der Waals surface area contributed by atoms with Crippen molar-refractivity contribution in [1.29, 1.82) is 0 Å². The van der Waals surface area contributed by atoms with E-state index in [9.17, 15) is 9.18 Å². The highest BCUT2D eigenvalue weighted by Crippen LogP contribution is 2.21. The number of aromatic nitrogens is 1. The third-order valence-corrected chi connectivity index (χ3v) is 6.27. The van der Waals surface area contributed by atoms with Crippen molar-refractivity contribution in [2.75, 3.05) is 61.1 Å². The number of nitrogen functional groups attached to an aromatic ring is 1. The molecule has 1 aliphatic heterocycles. The van der Waals surface area contributed by atoms with Crippen LogP contribution in [0.5, 0.6) is 5.75 Å². The van der Waals surface area contributed by atoms with Crippen molar-refractivity contribution < 1.29 is 13.9 Å². The van der Waals surface area contributed by atoms with Crippen LogP contribution in [0.3, 0.4) is 0 Å². The molecule has 4 rings (SSSR count). The highest BCUT2D eigenvalue weighted by molar-refractivity contribution is 5.93. The van der Waals surface area contributed by atoms with Gasteiger partial charge in [0.2, 0.25) is 5.91 Å². The van der Waals surface area contributed by atoms with E-state index in [2.05, 4.69) is 37.6 Å². The first-order chi connectivity index (χ1) is 17.5. The van der Waals surface area contributed by atoms with E-state index >= 15 is 0 Å². The zero-order valence-electron chi connectivity index (χ0n) is 20.5. The smallest absolute Gasteiger partial charge is 0.224 e. The van der Waals surface area contributed by atoms with Gasteiger partial charge in [-0.1, -0.05) is 12.1 Å². The number of nitrogens with one attached hydrogen (secondary N) is 2. The van der Waals surface area contributed by atoms with Gasteiger partial charge in [0.1, 0.15) is 23.2 Å². The Labute approximate surface area is 211 Å². The molecule has 1 fully saturated rings. The maximum Gasteiger partial charge on any atom is 0.224 e. The molecule has 0 radical (unpaired) electrons. The molecule has 0 bridgehead atoms. The molecule has 8 nitrogen and oxygen atoms in total. The van der Waals surface area contributed by atoms with Crippen molar-refractivity contribution in [3.8, 4) is 5.75 Å². The van der Waals surface area contributed by atoms with E-state index in [1.807, 2.05) is 12.1 Å². The molecule has 4 N–H and O–H groups in total. The first kappa shape index (κ1) is 25.2. The second-order valence-electron chi connectivity index (χ2n) is 8.79. The molecule has 190 valence electrons. The third-order valence-electron chi connectivity index (χ3n) is 6.27. The van der Waals surface area contributed by atoms with Crippen molar-refractivity contribution in [1.82, 2.24) is 9.88 Å². The average Bonchev–Trinajstić information content (AvgIpc) is 2.90. The Morgan fingerprint density at radius 1 is 1.03 bits per heavy atom. The number of anilines is 4. The van der Waals surface area contributed by atoms with Gasteiger partial charge < -0.3 is 26.0 Å². The average molecular weight is 493 g/mol. The van der Waals surface area contributed by atoms with Gasteiger partial charge in [-0.2, -0.15) is 0 Å². The number of carbonyl (C=O) groups excluding carboxylic acids is 1. The largest absolute Gasteiger partial charge is 0.497 e. The Bertz CT molecular complexity index is 1130. The Balaban J connectivity index is 1.16. The molecule has 1 aromatic heterocycles. The molecule has 0 spiro atoms. The summed E-state index contributed by atoms with van der Waals surface area (Å²) >= 11 is 0. The van der Waals surface area contributed by atoms with Gasteiger partial charge in [-0.15, -0.1) is 0 Å². The van der Waals surface area contributed by atoms with Gasteiger partial charge in [-0.25, -0.2) is 9.37 Å². The summed E-state index contributed by atoms with van der Waals surface area (Å²) in [7, 11) is 1.67. The number of hydrogen-bond acceptors (Lipinski definition) is 7. The summed E-state index contributed by atoms with van der Waals surface area (Å²) in [5.74, 6) is 1.36. The minimum absolute atomic E-state index is 0.0765. The molecule has 0 unspecified atom stereocenters. The Morgan fingerprint density at radius 3 is 2.42 bits per heavy atom. The first-order valence-corrected chi connectivity index (χ1v) is 12.2. The minimum atomic E-state index is -0.270. The van der Waals surface area contributed by atoms with Gasteiger partial charge in [0.25, 0.3) is 0 Å². The van der Waals surface area contributed by atoms with Crippen LogP contribution in [-0.2, 0) is 11.3 Å². The normalized spacial score (nSPS) is 13.9. The lowest BCUT2D eigenvalue weighted by Crippen LogP contribution is -2.46. The summed E-state index contributed by atoms with van der Waals surface area (Å²) in [6.07, 6.45) is 1.20. The van der Waals surface area contributed by atoms with E-state index in [1.54, 1.807) is 31.4 Å². The van der Waals surface area contributed by atoms with Crippen LogP contribution >= 0.6 is 0 Å². The maximum absolute atomic E-state index is 13.0. The van der Waals surface area contributed by atoms with Crippen molar-refractivity contribution >= 4 is 28.9 Å². The molecule has 1 amide bonds. The highest BCUT2D eigenvalue weighted by atomic mass is 19.1. The number of hydrogen-bond donors (Lipinski definition) is 3. The number of nitrogens with zero attached hydrogens (tertiary/aromatic N) is 3. The summed E-state index contributed by atoms with van der Waals surface area (Å²) in [5, 5.41) is 6.01. The molecule has 3 aromatic rings. The molecule has 2 aromatic carbocycles. The second kappa shape index (κ2) is 12.2. The number of nitrogens with two attached hydrogens (primary N) is 1. The molecule has 0 atom stereocenters. The van der Waals surface area contributed by atoms with Gasteiger partial charge in [-0.3, -0.25) is 9.69 Å². The Morgan fingerprint density at radius 2 is 1.75 bits per heavy atom. The van der Waals surface area contributed by atoms with Crippen LogP contribution in [-0.4, -0.2) is 55.6 Å². The summed E-state index contributed by atoms with van der Waals surface area (Å²) < 4.78 is 18.3. The summed E-state index contributed by atoms with van der Waals surface area (Å²) in [6, 6.07) is 17.9. The lowest BCUT2D eigenvalue weighted by molar-refractivity contribution is -0.116. The fraction of sp³-hybridized carbons (Fsp3) is 0.333. The number of piperazine rings is 1. The van der Waals surface area contributed by atoms with Crippen molar-refractivity contribution in [2.24, 2.45) is 0 Å². The van der Waals surface area contributed by atoms with Crippen molar-refractivity contribution in [3.63, 3.8) is 0 Å². The predicted molar refractivity (Wildman–Crippen MR) is 142 cm³/mol. The van der Waals surface area contributed by atoms with Gasteiger partial charge in [-0.05, 0) is 67.1 Å². The van der Waals surface area contributed by atoms with E-state index in [4.69, 9.17) is 10.5 Å². The van der Waals surface area contributed by atoms with Crippen LogP contribution in [0.25, 0.3) is 0 Å². The zero-order valence-corrected chi connectivity index (χ0v) is 20.5. The number of rotatable bonds is 10. The van der Waals surface area contributed by atoms with E-state index < -0.39 is 0 Å². The monoisotopic (exact) mass is 492 g/mol. The molecule has 1 saturated heterocycles. The van der Waals surface area contributed by atoms with Crippen LogP contribution in [0.15, 0.2) is 60.7 Å². The third kappa shape index (κ3) is 7.08. The van der Waals surface area contributed by atoms with Gasteiger partial charge in [0.15, 0.2) is 0 Å². The summed E-state index contributed by atoms with van der Waals surface area (Å²) in [5.41, 5.74) is 8.68. The molecule has 0 saturated carbocycles. The van der Waals surface area contributed by atoms with Crippen LogP contribution < -0.4 is 26.0 Å². The lowest BCUT2D eigenvalue weighted by Gasteiger charge is -2.36. The maximum atomic E-state index is 13.0. The van der Waals surface area contributed by atoms with Crippen LogP contribution in [0.2, 0.25) is 0 Å². The molecule has 1 aliphatic rings. The number of methoxy groups -OCH3 is 1. The molecule has 2 heterocycles. The summed E-state index contributed by atoms with van der Waals surface area (Å²) in [4.78, 5) is 21.5. The number of ether oxygens (including phenoxy) is 1. The molecular weight excluding hydrogens is 459 g/mol. The Hall–Kier alpha value is -3.85. The number of benzene rings is 2. The van der Waals surface area contributed by atoms with Crippen LogP contribution in [0.1, 0.15) is 18.4 Å². The summed E-state index contributed by atoms with van der Waals surface area (Å²) in [6.45, 7) is 5.23. The van der Waals surface area contributed by atoms with Crippen LogP contribution in [0.4, 0.5) is 27.4 Å². The topological polar surface area (TPSA) is 95.8 Å². The van der Waals surface area contributed by atoms with Crippen molar-refractivity contribution in [3.05, 3.63) is 72.0 Å². The minimum Gasteiger partial charge on any atom is -0.497 e. The van der Waals surface area contributed by atoms with Gasteiger partial charge in [0.05, 0.1) is 12.8 Å². The predicted octanol–water partition coefficient (Wildman–Crippen LogP) is 3.96. The highest BCUT2D eigenvalue weighted by Gasteiger charge is 2.17. The van der Waals surface area contributed by atoms with E-state index in [0.717, 1.165) is 50.5 Å². The fourth-order valence-electron chi connectivity index (χ4n) is 4.17. The van der Waals surface area contributed by atoms with Gasteiger partial charge in [0, 0.05) is 44.8 Å². The van der Waals surface area contributed by atoms with E-state index in [-0.39, 0.29) is 17.5 Å². The zero-order chi connectivity index (χ0) is 25.3. The number of carbonyl (C=O) groups is 1. The van der Waals surface area contributed by atoms with Gasteiger partial charge >= 0.3 is 0 Å². The number of pyridine rings is 1. The van der Waals surface area contributed by atoms with E-state index in [0.29, 0.717) is 24.5 Å². The standard InChI is InChI=1S/C27H33FN6O2/c1-36-23-10-8-22(9-11-23)34-17-15-33(16-18-34)14-2-3-26(35)31-24-12-13-25(32-27(24)29)30-19-20-4-6-21(28)7-5-20/h4-13H,2-3,14-19H2,1H3,(H,31,35)(H3,29,30,32). The van der Waals surface area contributed by atoms with Crippen LogP contribution in [0, 0.1) is 5.82 Å². The molecule has 9 heteroatoms. The second-order valence-corrected chi connectivity index (χ2v) is 8.79. The van der Waals surface area contributed by atoms with E-state index in [1.165, 1.54) is 17.8 Å². The lowest BCUT2D eigenvalue weighted by atomic mass is 10.2. The Kier molecular flexibility index (Phi) is 8.57. The SMILES string of the molecule is COc1ccc(N2CCN(CCCC(=O)Nc3ccc(NCc4ccc(F)cc4)nc3N)CC2)cc1. The number of halogens is 1. The molecule has 0 aliphatic carbocycles.